The third-order valence-corrected chi connectivity index (χ3v) is 4.74. The molecule has 4 aromatic rings. The van der Waals surface area contributed by atoms with Crippen molar-refractivity contribution in [3.05, 3.63) is 78.3 Å². The first-order chi connectivity index (χ1) is 15.9. The molecule has 0 saturated heterocycles. The van der Waals surface area contributed by atoms with Gasteiger partial charge in [-0.25, -0.2) is 23.1 Å². The molecule has 4 rings (SSSR count). The van der Waals surface area contributed by atoms with E-state index in [1.807, 2.05) is 0 Å². The number of hydrazine groups is 1. The zero-order valence-corrected chi connectivity index (χ0v) is 17.1. The number of nitrogens with one attached hydrogen (secondary N) is 2. The molecule has 0 unspecified atom stereocenters. The smallest absolute Gasteiger partial charge is 0.242 e. The summed E-state index contributed by atoms with van der Waals surface area (Å²) >= 11 is 0. The van der Waals surface area contributed by atoms with Crippen molar-refractivity contribution in [2.45, 2.75) is 0 Å². The van der Waals surface area contributed by atoms with Crippen LogP contribution in [0, 0.1) is 22.9 Å². The highest BCUT2D eigenvalue weighted by atomic mass is 19.1. The van der Waals surface area contributed by atoms with Crippen LogP contribution in [0.25, 0.3) is 22.7 Å². The van der Waals surface area contributed by atoms with Crippen molar-refractivity contribution < 1.29 is 23.1 Å². The maximum Gasteiger partial charge on any atom is 0.242 e. The number of anilines is 2. The Morgan fingerprint density at radius 2 is 2.00 bits per heavy atom. The van der Waals surface area contributed by atoms with Gasteiger partial charge in [0.15, 0.2) is 11.5 Å². The van der Waals surface area contributed by atoms with E-state index < -0.39 is 17.5 Å². The number of imidazole rings is 1. The first kappa shape index (κ1) is 21.8. The van der Waals surface area contributed by atoms with Crippen LogP contribution in [-0.2, 0) is 0 Å². The molecule has 0 spiro atoms. The lowest BCUT2D eigenvalue weighted by Gasteiger charge is -2.21. The average Bonchev–Trinajstić information content (AvgIpc) is 3.21. The van der Waals surface area contributed by atoms with Gasteiger partial charge in [0.25, 0.3) is 0 Å². The van der Waals surface area contributed by atoms with E-state index in [9.17, 15) is 14.0 Å². The highest BCUT2D eigenvalue weighted by Gasteiger charge is 2.20. The van der Waals surface area contributed by atoms with Gasteiger partial charge >= 0.3 is 0 Å². The predicted octanol–water partition coefficient (Wildman–Crippen LogP) is 4.71. The van der Waals surface area contributed by atoms with Gasteiger partial charge < -0.3 is 14.5 Å². The number of aromatic nitrogens is 3. The van der Waals surface area contributed by atoms with Gasteiger partial charge in [-0.2, -0.15) is 5.17 Å². The van der Waals surface area contributed by atoms with E-state index in [1.54, 1.807) is 16.5 Å². The highest BCUT2D eigenvalue weighted by Crippen LogP contribution is 2.33. The Morgan fingerprint density at radius 3 is 2.76 bits per heavy atom. The number of allylic oxidation sites excluding steroid dienone is 1. The van der Waals surface area contributed by atoms with Gasteiger partial charge in [-0.15, -0.1) is 0 Å². The van der Waals surface area contributed by atoms with Crippen molar-refractivity contribution >= 4 is 29.2 Å². The Hall–Kier alpha value is -4.38. The van der Waals surface area contributed by atoms with Crippen molar-refractivity contribution in [2.24, 2.45) is 0 Å². The second-order valence-corrected chi connectivity index (χ2v) is 6.76. The normalized spacial score (nSPS) is 11.2. The standard InChI is InChI=1S/C22H17F3N6O2/c1-33-22-19(9-14(23)10-27-22)31(32)29-17-6-5-15(24)20(21(17)25)13-4-7-18-16(3-2-8-26)28-12-30(18)11-13/h2-12,26,29,32H,1H3/b3-2+,26-8?. The lowest BCUT2D eigenvalue weighted by molar-refractivity contribution is 0.269. The zero-order valence-electron chi connectivity index (χ0n) is 17.1. The van der Waals surface area contributed by atoms with Crippen LogP contribution in [0.5, 0.6) is 5.88 Å². The van der Waals surface area contributed by atoms with E-state index in [2.05, 4.69) is 15.4 Å². The monoisotopic (exact) mass is 454 g/mol. The molecule has 3 N–H and O–H groups in total. The summed E-state index contributed by atoms with van der Waals surface area (Å²) in [5.74, 6) is -2.68. The van der Waals surface area contributed by atoms with Crippen LogP contribution in [0.2, 0.25) is 0 Å². The van der Waals surface area contributed by atoms with Gasteiger partial charge in [-0.05, 0) is 30.4 Å². The third-order valence-electron chi connectivity index (χ3n) is 4.74. The van der Waals surface area contributed by atoms with Crippen LogP contribution in [0.1, 0.15) is 5.69 Å². The number of rotatable bonds is 7. The second-order valence-electron chi connectivity index (χ2n) is 6.76. The minimum Gasteiger partial charge on any atom is -0.479 e. The Labute approximate surface area is 185 Å². The fourth-order valence-corrected chi connectivity index (χ4v) is 3.24. The number of halogens is 3. The molecule has 168 valence electrons. The van der Waals surface area contributed by atoms with Crippen molar-refractivity contribution in [3.63, 3.8) is 0 Å². The van der Waals surface area contributed by atoms with Crippen molar-refractivity contribution in [1.82, 2.24) is 14.4 Å². The largest absolute Gasteiger partial charge is 0.479 e. The molecule has 0 atom stereocenters. The van der Waals surface area contributed by atoms with Gasteiger partial charge in [0.05, 0.1) is 42.1 Å². The van der Waals surface area contributed by atoms with Crippen LogP contribution in [0.15, 0.2) is 55.1 Å². The van der Waals surface area contributed by atoms with Crippen LogP contribution >= 0.6 is 0 Å². The SMILES string of the molecule is COc1ncc(F)cc1N(O)Nc1ccc(F)c(-c2ccc3c(/C=C/C=N)ncn3c2)c1F. The average molecular weight is 454 g/mol. The number of methoxy groups -OCH3 is 1. The summed E-state index contributed by atoms with van der Waals surface area (Å²) in [6.45, 7) is 0. The first-order valence-electron chi connectivity index (χ1n) is 9.50. The van der Waals surface area contributed by atoms with E-state index in [0.29, 0.717) is 16.4 Å². The number of benzene rings is 1. The second kappa shape index (κ2) is 9.01. The molecular formula is C22H17F3N6O2. The number of nitrogens with zero attached hydrogens (tertiary/aromatic N) is 4. The number of fused-ring (bicyclic) bond motifs is 1. The third kappa shape index (κ3) is 4.21. The van der Waals surface area contributed by atoms with E-state index >= 15 is 4.39 Å². The van der Waals surface area contributed by atoms with Crippen molar-refractivity contribution in [1.29, 1.82) is 5.41 Å². The molecule has 0 aliphatic carbocycles. The van der Waals surface area contributed by atoms with Gasteiger partial charge in [0.1, 0.15) is 11.6 Å². The molecule has 0 radical (unpaired) electrons. The van der Waals surface area contributed by atoms with Crippen molar-refractivity contribution in [2.75, 3.05) is 17.7 Å². The maximum atomic E-state index is 15.3. The molecule has 8 nitrogen and oxygen atoms in total. The molecule has 3 aromatic heterocycles. The summed E-state index contributed by atoms with van der Waals surface area (Å²) < 4.78 is 50.1. The summed E-state index contributed by atoms with van der Waals surface area (Å²) in [7, 11) is 1.27. The van der Waals surface area contributed by atoms with Gasteiger partial charge in [-0.3, -0.25) is 10.6 Å². The highest BCUT2D eigenvalue weighted by molar-refractivity contribution is 5.80. The Morgan fingerprint density at radius 1 is 1.18 bits per heavy atom. The number of hydrogen-bond donors (Lipinski definition) is 3. The summed E-state index contributed by atoms with van der Waals surface area (Å²) in [5.41, 5.74) is 3.00. The quantitative estimate of drug-likeness (QED) is 0.276. The Balaban J connectivity index is 1.71. The maximum absolute atomic E-state index is 15.3. The van der Waals surface area contributed by atoms with E-state index in [-0.39, 0.29) is 28.4 Å². The number of pyridine rings is 2. The molecular weight excluding hydrogens is 437 g/mol. The number of hydrogen-bond acceptors (Lipinski definition) is 7. The van der Waals surface area contributed by atoms with Crippen LogP contribution < -0.4 is 15.3 Å². The molecule has 33 heavy (non-hydrogen) atoms. The molecule has 0 amide bonds. The van der Waals surface area contributed by atoms with Gasteiger partial charge in [0.2, 0.25) is 5.88 Å². The van der Waals surface area contributed by atoms with Crippen LogP contribution in [0.3, 0.4) is 0 Å². The Kier molecular flexibility index (Phi) is 5.96. The lowest BCUT2D eigenvalue weighted by Crippen LogP contribution is -2.27. The fourth-order valence-electron chi connectivity index (χ4n) is 3.24. The molecule has 1 aromatic carbocycles. The van der Waals surface area contributed by atoms with Gasteiger partial charge in [-0.1, -0.05) is 6.07 Å². The van der Waals surface area contributed by atoms with Crippen LogP contribution in [-0.4, -0.2) is 32.9 Å². The predicted molar refractivity (Wildman–Crippen MR) is 117 cm³/mol. The molecule has 0 saturated carbocycles. The fraction of sp³-hybridized carbons (Fsp3) is 0.0455. The molecule has 0 aliphatic rings. The van der Waals surface area contributed by atoms with Crippen molar-refractivity contribution in [3.8, 4) is 17.0 Å². The molecule has 0 aliphatic heterocycles. The molecule has 3 heterocycles. The summed E-state index contributed by atoms with van der Waals surface area (Å²) in [6, 6.07) is 6.23. The Bertz CT molecular complexity index is 1370. The first-order valence-corrected chi connectivity index (χ1v) is 9.50. The van der Waals surface area contributed by atoms with Gasteiger partial charge in [0, 0.05) is 24.0 Å². The summed E-state index contributed by atoms with van der Waals surface area (Å²) in [5, 5.41) is 17.7. The van der Waals surface area contributed by atoms with E-state index in [4.69, 9.17) is 10.1 Å². The minimum atomic E-state index is -0.985. The van der Waals surface area contributed by atoms with E-state index in [0.717, 1.165) is 30.6 Å². The number of ether oxygens (including phenoxy) is 1. The zero-order chi connectivity index (χ0) is 23.5. The minimum absolute atomic E-state index is 0.118. The molecule has 0 fully saturated rings. The lowest BCUT2D eigenvalue weighted by atomic mass is 10.0. The molecule has 11 heteroatoms. The van der Waals surface area contributed by atoms with E-state index in [1.165, 1.54) is 31.8 Å². The topological polar surface area (TPSA) is 98.8 Å². The molecule has 0 bridgehead atoms. The summed E-state index contributed by atoms with van der Waals surface area (Å²) in [4.78, 5) is 7.90. The summed E-state index contributed by atoms with van der Waals surface area (Å²) in [6.07, 6.45) is 8.15. The van der Waals surface area contributed by atoms with Crippen LogP contribution in [0.4, 0.5) is 24.5 Å².